The minimum Gasteiger partial charge on any atom is -0.314 e. The Kier molecular flexibility index (Phi) is 5.56. The third kappa shape index (κ3) is 3.63. The van der Waals surface area contributed by atoms with E-state index in [0.29, 0.717) is 6.04 Å². The Hall–Kier alpha value is -0.280. The van der Waals surface area contributed by atoms with Crippen molar-refractivity contribution in [3.63, 3.8) is 0 Å². The molecule has 2 rings (SSSR count). The van der Waals surface area contributed by atoms with E-state index in [0.717, 1.165) is 31.2 Å². The summed E-state index contributed by atoms with van der Waals surface area (Å²) in [5.41, 5.74) is 1.30. The predicted molar refractivity (Wildman–Crippen MR) is 71.4 cm³/mol. The van der Waals surface area contributed by atoms with Crippen LogP contribution in [0.25, 0.3) is 0 Å². The van der Waals surface area contributed by atoms with Crippen LogP contribution in [-0.4, -0.2) is 30.6 Å². The van der Waals surface area contributed by atoms with Crippen molar-refractivity contribution in [2.24, 2.45) is 0 Å². The molecule has 1 heterocycles. The van der Waals surface area contributed by atoms with Gasteiger partial charge < -0.3 is 5.32 Å². The lowest BCUT2D eigenvalue weighted by Crippen LogP contribution is -2.49. The van der Waals surface area contributed by atoms with Crippen LogP contribution >= 0.6 is 24.0 Å². The average Bonchev–Trinajstić information content (AvgIpc) is 2.22. The van der Waals surface area contributed by atoms with E-state index in [-0.39, 0.29) is 12.4 Å². The summed E-state index contributed by atoms with van der Waals surface area (Å²) in [7, 11) is 0. The molecule has 0 aliphatic carbocycles. The molecule has 1 aliphatic rings. The molecule has 1 aromatic carbocycles. The van der Waals surface area contributed by atoms with Gasteiger partial charge in [-0.1, -0.05) is 23.7 Å². The summed E-state index contributed by atoms with van der Waals surface area (Å²) in [5, 5.41) is 4.22. The van der Waals surface area contributed by atoms with Crippen LogP contribution in [-0.2, 0) is 6.54 Å². The summed E-state index contributed by atoms with van der Waals surface area (Å²) in [6.45, 7) is 6.55. The van der Waals surface area contributed by atoms with Crippen molar-refractivity contribution in [1.29, 1.82) is 0 Å². The second-order valence-corrected chi connectivity index (χ2v) is 4.59. The molecule has 0 aromatic heterocycles. The number of piperazine rings is 1. The molecule has 1 atom stereocenters. The first-order valence-electron chi connectivity index (χ1n) is 5.45. The third-order valence-electron chi connectivity index (χ3n) is 2.91. The Bertz CT molecular complexity index is 331. The van der Waals surface area contributed by atoms with E-state index >= 15 is 0 Å². The SMILES string of the molecule is CC1CNCCN1Cc1cccc(Cl)c1.Cl. The quantitative estimate of drug-likeness (QED) is 0.880. The molecular formula is C12H18Cl2N2. The number of hydrogen-bond acceptors (Lipinski definition) is 2. The monoisotopic (exact) mass is 260 g/mol. The highest BCUT2D eigenvalue weighted by Crippen LogP contribution is 2.14. The van der Waals surface area contributed by atoms with Gasteiger partial charge in [0.1, 0.15) is 0 Å². The molecule has 0 spiro atoms. The smallest absolute Gasteiger partial charge is 0.0409 e. The molecule has 4 heteroatoms. The highest BCUT2D eigenvalue weighted by Gasteiger charge is 2.17. The summed E-state index contributed by atoms with van der Waals surface area (Å²) in [4.78, 5) is 2.49. The van der Waals surface area contributed by atoms with Crippen LogP contribution < -0.4 is 5.32 Å². The zero-order valence-electron chi connectivity index (χ0n) is 9.45. The highest BCUT2D eigenvalue weighted by atomic mass is 35.5. The second-order valence-electron chi connectivity index (χ2n) is 4.15. The molecule has 1 fully saturated rings. The molecule has 0 bridgehead atoms. The van der Waals surface area contributed by atoms with Crippen LogP contribution in [0.3, 0.4) is 0 Å². The standard InChI is InChI=1S/C12H17ClN2.ClH/c1-10-8-14-5-6-15(10)9-11-3-2-4-12(13)7-11;/h2-4,7,10,14H,5-6,8-9H2,1H3;1H. The summed E-state index contributed by atoms with van der Waals surface area (Å²) in [5.74, 6) is 0. The topological polar surface area (TPSA) is 15.3 Å². The molecule has 90 valence electrons. The lowest BCUT2D eigenvalue weighted by atomic mass is 10.1. The molecule has 1 saturated heterocycles. The van der Waals surface area contributed by atoms with Gasteiger partial charge in [-0.3, -0.25) is 4.90 Å². The van der Waals surface area contributed by atoms with E-state index in [4.69, 9.17) is 11.6 Å². The fourth-order valence-corrected chi connectivity index (χ4v) is 2.20. The molecule has 1 N–H and O–H groups in total. The Morgan fingerprint density at radius 2 is 2.31 bits per heavy atom. The number of hydrogen-bond donors (Lipinski definition) is 1. The zero-order chi connectivity index (χ0) is 10.7. The van der Waals surface area contributed by atoms with Crippen LogP contribution in [0.5, 0.6) is 0 Å². The molecule has 1 aliphatic heterocycles. The van der Waals surface area contributed by atoms with E-state index < -0.39 is 0 Å². The van der Waals surface area contributed by atoms with Crippen LogP contribution in [0.4, 0.5) is 0 Å². The van der Waals surface area contributed by atoms with Crippen molar-refractivity contribution in [1.82, 2.24) is 10.2 Å². The zero-order valence-corrected chi connectivity index (χ0v) is 11.0. The summed E-state index contributed by atoms with van der Waals surface area (Å²) < 4.78 is 0. The van der Waals surface area contributed by atoms with Crippen molar-refractivity contribution < 1.29 is 0 Å². The largest absolute Gasteiger partial charge is 0.314 e. The Balaban J connectivity index is 0.00000128. The van der Waals surface area contributed by atoms with E-state index in [9.17, 15) is 0 Å². The van der Waals surface area contributed by atoms with Crippen molar-refractivity contribution >= 4 is 24.0 Å². The predicted octanol–water partition coefficient (Wildman–Crippen LogP) is 2.56. The number of halogens is 2. The third-order valence-corrected chi connectivity index (χ3v) is 3.15. The molecule has 0 radical (unpaired) electrons. The first kappa shape index (κ1) is 13.8. The van der Waals surface area contributed by atoms with Gasteiger partial charge in [-0.2, -0.15) is 0 Å². The van der Waals surface area contributed by atoms with Crippen molar-refractivity contribution in [3.05, 3.63) is 34.9 Å². The van der Waals surface area contributed by atoms with Crippen molar-refractivity contribution in [2.75, 3.05) is 19.6 Å². The molecule has 16 heavy (non-hydrogen) atoms. The first-order chi connectivity index (χ1) is 7.25. The number of benzene rings is 1. The molecule has 2 nitrogen and oxygen atoms in total. The molecule has 1 aromatic rings. The van der Waals surface area contributed by atoms with E-state index in [1.54, 1.807) is 0 Å². The van der Waals surface area contributed by atoms with Gasteiger partial charge in [0, 0.05) is 37.2 Å². The molecule has 0 amide bonds. The number of nitrogens with zero attached hydrogens (tertiary/aromatic N) is 1. The van der Waals surface area contributed by atoms with Crippen LogP contribution in [0, 0.1) is 0 Å². The van der Waals surface area contributed by atoms with Gasteiger partial charge in [0.15, 0.2) is 0 Å². The van der Waals surface area contributed by atoms with Crippen molar-refractivity contribution in [3.8, 4) is 0 Å². The Morgan fingerprint density at radius 3 is 3.00 bits per heavy atom. The van der Waals surface area contributed by atoms with E-state index in [1.165, 1.54) is 5.56 Å². The van der Waals surface area contributed by atoms with Crippen LogP contribution in [0.1, 0.15) is 12.5 Å². The van der Waals surface area contributed by atoms with Crippen LogP contribution in [0.2, 0.25) is 5.02 Å². The lowest BCUT2D eigenvalue weighted by molar-refractivity contribution is 0.165. The summed E-state index contributed by atoms with van der Waals surface area (Å²) >= 11 is 5.97. The maximum atomic E-state index is 5.97. The van der Waals surface area contributed by atoms with Gasteiger partial charge in [0.2, 0.25) is 0 Å². The maximum absolute atomic E-state index is 5.97. The highest BCUT2D eigenvalue weighted by molar-refractivity contribution is 6.30. The molecule has 1 unspecified atom stereocenters. The fourth-order valence-electron chi connectivity index (χ4n) is 1.99. The fraction of sp³-hybridized carbons (Fsp3) is 0.500. The first-order valence-corrected chi connectivity index (χ1v) is 5.83. The van der Waals surface area contributed by atoms with Crippen LogP contribution in [0.15, 0.2) is 24.3 Å². The normalized spacial score (nSPS) is 21.5. The number of rotatable bonds is 2. The minimum absolute atomic E-state index is 0. The minimum atomic E-state index is 0. The van der Waals surface area contributed by atoms with Gasteiger partial charge in [0.25, 0.3) is 0 Å². The Labute approximate surface area is 108 Å². The Morgan fingerprint density at radius 1 is 1.50 bits per heavy atom. The van der Waals surface area contributed by atoms with E-state index in [1.807, 2.05) is 12.1 Å². The van der Waals surface area contributed by atoms with Gasteiger partial charge in [-0.05, 0) is 24.6 Å². The van der Waals surface area contributed by atoms with Gasteiger partial charge in [0.05, 0.1) is 0 Å². The van der Waals surface area contributed by atoms with Gasteiger partial charge in [-0.15, -0.1) is 12.4 Å². The van der Waals surface area contributed by atoms with Crippen molar-refractivity contribution in [2.45, 2.75) is 19.5 Å². The van der Waals surface area contributed by atoms with E-state index in [2.05, 4.69) is 29.3 Å². The molecule has 0 saturated carbocycles. The number of nitrogens with one attached hydrogen (secondary N) is 1. The van der Waals surface area contributed by atoms with Gasteiger partial charge in [-0.25, -0.2) is 0 Å². The summed E-state index contributed by atoms with van der Waals surface area (Å²) in [6.07, 6.45) is 0. The second kappa shape index (κ2) is 6.45. The molecular weight excluding hydrogens is 243 g/mol. The summed E-state index contributed by atoms with van der Waals surface area (Å²) in [6, 6.07) is 8.74. The average molecular weight is 261 g/mol. The lowest BCUT2D eigenvalue weighted by Gasteiger charge is -2.33. The maximum Gasteiger partial charge on any atom is 0.0409 e. The van der Waals surface area contributed by atoms with Gasteiger partial charge >= 0.3 is 0 Å².